The summed E-state index contributed by atoms with van der Waals surface area (Å²) in [5.74, 6) is 2.10. The molecular weight excluding hydrogens is 289 g/mol. The zero-order valence-electron chi connectivity index (χ0n) is 10.3. The van der Waals surface area contributed by atoms with E-state index in [2.05, 4.69) is 11.9 Å². The van der Waals surface area contributed by atoms with Crippen LogP contribution in [0, 0.1) is 0 Å². The van der Waals surface area contributed by atoms with Gasteiger partial charge in [0.2, 0.25) is 0 Å². The summed E-state index contributed by atoms with van der Waals surface area (Å²) in [6, 6.07) is 5.75. The monoisotopic (exact) mass is 305 g/mol. The van der Waals surface area contributed by atoms with E-state index in [0.29, 0.717) is 16.5 Å². The molecule has 1 aromatic carbocycles. The van der Waals surface area contributed by atoms with Crippen LogP contribution in [0.15, 0.2) is 18.2 Å². The molecule has 0 aliphatic carbocycles. The fourth-order valence-corrected chi connectivity index (χ4v) is 3.88. The highest BCUT2D eigenvalue weighted by Gasteiger charge is 2.27. The zero-order chi connectivity index (χ0) is 13.1. The van der Waals surface area contributed by atoms with Gasteiger partial charge in [-0.15, -0.1) is 0 Å². The molecule has 2 nitrogen and oxygen atoms in total. The standard InChI is InChI=1S/C13H17Cl2NOS/c1-16-5-6-18-8-11(16)12(17)7-9-3-2-4-10(14)13(9)15/h2-4,11-12,17H,5-8H2,1H3. The molecule has 2 atom stereocenters. The van der Waals surface area contributed by atoms with Crippen LogP contribution in [-0.2, 0) is 6.42 Å². The molecule has 2 rings (SSSR count). The van der Waals surface area contributed by atoms with Crippen molar-refractivity contribution in [3.8, 4) is 0 Å². The van der Waals surface area contributed by atoms with Crippen LogP contribution >= 0.6 is 35.0 Å². The first kappa shape index (κ1) is 14.5. The molecular formula is C13H17Cl2NOS. The Morgan fingerprint density at radius 1 is 1.50 bits per heavy atom. The number of hydrogen-bond donors (Lipinski definition) is 1. The minimum absolute atomic E-state index is 0.193. The van der Waals surface area contributed by atoms with Gasteiger partial charge in [-0.25, -0.2) is 0 Å². The number of rotatable bonds is 3. The maximum Gasteiger partial charge on any atom is 0.0744 e. The van der Waals surface area contributed by atoms with Crippen molar-refractivity contribution in [3.63, 3.8) is 0 Å². The summed E-state index contributed by atoms with van der Waals surface area (Å²) in [7, 11) is 2.06. The lowest BCUT2D eigenvalue weighted by molar-refractivity contribution is 0.0763. The first-order valence-electron chi connectivity index (χ1n) is 5.98. The molecule has 100 valence electrons. The van der Waals surface area contributed by atoms with Crippen molar-refractivity contribution in [2.75, 3.05) is 25.1 Å². The lowest BCUT2D eigenvalue weighted by Crippen LogP contribution is -2.47. The number of hydrogen-bond acceptors (Lipinski definition) is 3. The van der Waals surface area contributed by atoms with Crippen LogP contribution in [-0.4, -0.2) is 47.3 Å². The van der Waals surface area contributed by atoms with Crippen molar-refractivity contribution in [2.24, 2.45) is 0 Å². The minimum atomic E-state index is -0.404. The Labute approximate surface area is 122 Å². The highest BCUT2D eigenvalue weighted by molar-refractivity contribution is 7.99. The number of likely N-dealkylation sites (N-methyl/N-ethyl adjacent to an activating group) is 1. The van der Waals surface area contributed by atoms with E-state index >= 15 is 0 Å². The van der Waals surface area contributed by atoms with Crippen LogP contribution in [0.2, 0.25) is 10.0 Å². The number of aliphatic hydroxyl groups is 1. The van der Waals surface area contributed by atoms with E-state index in [4.69, 9.17) is 23.2 Å². The third-order valence-corrected chi connectivity index (χ3v) is 5.25. The van der Waals surface area contributed by atoms with Gasteiger partial charge in [-0.2, -0.15) is 11.8 Å². The molecule has 1 heterocycles. The summed E-state index contributed by atoms with van der Waals surface area (Å²) in [4.78, 5) is 2.22. The molecule has 1 aromatic rings. The molecule has 1 saturated heterocycles. The van der Waals surface area contributed by atoms with Gasteiger partial charge >= 0.3 is 0 Å². The van der Waals surface area contributed by atoms with Crippen molar-refractivity contribution in [3.05, 3.63) is 33.8 Å². The van der Waals surface area contributed by atoms with Crippen molar-refractivity contribution >= 4 is 35.0 Å². The molecule has 18 heavy (non-hydrogen) atoms. The number of aliphatic hydroxyl groups excluding tert-OH is 1. The van der Waals surface area contributed by atoms with Crippen LogP contribution in [0.4, 0.5) is 0 Å². The maximum absolute atomic E-state index is 10.4. The molecule has 0 saturated carbocycles. The predicted molar refractivity (Wildman–Crippen MR) is 79.9 cm³/mol. The molecule has 2 unspecified atom stereocenters. The van der Waals surface area contributed by atoms with Crippen LogP contribution in [0.25, 0.3) is 0 Å². The van der Waals surface area contributed by atoms with Gasteiger partial charge in [-0.3, -0.25) is 4.90 Å². The molecule has 0 amide bonds. The molecule has 0 aromatic heterocycles. The summed E-state index contributed by atoms with van der Waals surface area (Å²) in [5, 5.41) is 11.5. The summed E-state index contributed by atoms with van der Waals surface area (Å²) in [6.07, 6.45) is 0.147. The third kappa shape index (κ3) is 3.34. The molecule has 1 N–H and O–H groups in total. The van der Waals surface area contributed by atoms with Gasteiger partial charge < -0.3 is 5.11 Å². The van der Waals surface area contributed by atoms with E-state index in [-0.39, 0.29) is 6.04 Å². The first-order chi connectivity index (χ1) is 8.59. The maximum atomic E-state index is 10.4. The second kappa shape index (κ2) is 6.49. The van der Waals surface area contributed by atoms with Crippen molar-refractivity contribution in [1.29, 1.82) is 0 Å². The van der Waals surface area contributed by atoms with Gasteiger partial charge in [0.25, 0.3) is 0 Å². The van der Waals surface area contributed by atoms with Gasteiger partial charge in [0.05, 0.1) is 16.1 Å². The highest BCUT2D eigenvalue weighted by Crippen LogP contribution is 2.28. The lowest BCUT2D eigenvalue weighted by Gasteiger charge is -2.35. The van der Waals surface area contributed by atoms with Crippen molar-refractivity contribution in [1.82, 2.24) is 4.90 Å². The number of thioether (sulfide) groups is 1. The van der Waals surface area contributed by atoms with Crippen molar-refractivity contribution in [2.45, 2.75) is 18.6 Å². The zero-order valence-corrected chi connectivity index (χ0v) is 12.6. The average molecular weight is 306 g/mol. The number of halogens is 2. The predicted octanol–water partition coefficient (Wildman–Crippen LogP) is 2.94. The van der Waals surface area contributed by atoms with E-state index < -0.39 is 6.10 Å². The minimum Gasteiger partial charge on any atom is -0.391 e. The first-order valence-corrected chi connectivity index (χ1v) is 7.89. The Hall–Kier alpha value is 0.0700. The Balaban J connectivity index is 2.06. The van der Waals surface area contributed by atoms with E-state index in [0.717, 1.165) is 23.6 Å². The fraction of sp³-hybridized carbons (Fsp3) is 0.538. The Morgan fingerprint density at radius 2 is 2.28 bits per heavy atom. The van der Waals surface area contributed by atoms with Crippen LogP contribution in [0.5, 0.6) is 0 Å². The molecule has 1 aliphatic rings. The van der Waals surface area contributed by atoms with Gasteiger partial charge in [-0.1, -0.05) is 35.3 Å². The quantitative estimate of drug-likeness (QED) is 0.929. The second-order valence-corrected chi connectivity index (χ2v) is 6.54. The van der Waals surface area contributed by atoms with Crippen LogP contribution in [0.3, 0.4) is 0 Å². The highest BCUT2D eigenvalue weighted by atomic mass is 35.5. The molecule has 0 radical (unpaired) electrons. The molecule has 1 aliphatic heterocycles. The SMILES string of the molecule is CN1CCSCC1C(O)Cc1cccc(Cl)c1Cl. The summed E-state index contributed by atoms with van der Waals surface area (Å²) in [6.45, 7) is 1.02. The lowest BCUT2D eigenvalue weighted by atomic mass is 10.0. The fourth-order valence-electron chi connectivity index (χ4n) is 2.18. The van der Waals surface area contributed by atoms with Gasteiger partial charge in [0.15, 0.2) is 0 Å². The average Bonchev–Trinajstić information content (AvgIpc) is 2.35. The molecule has 0 bridgehead atoms. The third-order valence-electron chi connectivity index (χ3n) is 3.35. The van der Waals surface area contributed by atoms with Crippen LogP contribution in [0.1, 0.15) is 5.56 Å². The molecule has 5 heteroatoms. The molecule has 1 fully saturated rings. The second-order valence-electron chi connectivity index (χ2n) is 4.61. The van der Waals surface area contributed by atoms with Gasteiger partial charge in [0, 0.05) is 30.5 Å². The summed E-state index contributed by atoms with van der Waals surface area (Å²) < 4.78 is 0. The Morgan fingerprint density at radius 3 is 3.00 bits per heavy atom. The smallest absolute Gasteiger partial charge is 0.0744 e. The normalized spacial score (nSPS) is 23.0. The number of benzene rings is 1. The van der Waals surface area contributed by atoms with E-state index in [9.17, 15) is 5.11 Å². The van der Waals surface area contributed by atoms with Crippen molar-refractivity contribution < 1.29 is 5.11 Å². The Kier molecular flexibility index (Phi) is 5.22. The topological polar surface area (TPSA) is 23.5 Å². The van der Waals surface area contributed by atoms with Gasteiger partial charge in [-0.05, 0) is 18.7 Å². The van der Waals surface area contributed by atoms with E-state index in [1.54, 1.807) is 6.07 Å². The molecule has 0 spiro atoms. The summed E-state index contributed by atoms with van der Waals surface area (Å²) in [5.41, 5.74) is 0.917. The Bertz CT molecular complexity index is 416. The number of nitrogens with zero attached hydrogens (tertiary/aromatic N) is 1. The summed E-state index contributed by atoms with van der Waals surface area (Å²) >= 11 is 14.0. The van der Waals surface area contributed by atoms with Gasteiger partial charge in [0.1, 0.15) is 0 Å². The van der Waals surface area contributed by atoms with Crippen LogP contribution < -0.4 is 0 Å². The van der Waals surface area contributed by atoms with E-state index in [1.165, 1.54) is 0 Å². The largest absolute Gasteiger partial charge is 0.391 e. The van der Waals surface area contributed by atoms with E-state index in [1.807, 2.05) is 23.9 Å².